The maximum atomic E-state index is 15.0. The van der Waals surface area contributed by atoms with E-state index in [1.807, 2.05) is 29.5 Å². The van der Waals surface area contributed by atoms with Gasteiger partial charge in [-0.05, 0) is 31.2 Å². The van der Waals surface area contributed by atoms with Crippen molar-refractivity contribution in [2.45, 2.75) is 13.8 Å². The summed E-state index contributed by atoms with van der Waals surface area (Å²) in [6.45, 7) is -0.330. The Bertz CT molecular complexity index is 764. The molecule has 22 heavy (non-hydrogen) atoms. The predicted octanol–water partition coefficient (Wildman–Crippen LogP) is 2.26. The molecule has 0 spiro atoms. The smallest absolute Gasteiger partial charge is 0.394 e. The summed E-state index contributed by atoms with van der Waals surface area (Å²) in [4.78, 5) is 11.4. The number of allylic oxidation sites excluding steroid dienone is 1. The van der Waals surface area contributed by atoms with Crippen molar-refractivity contribution in [2.75, 3.05) is 11.0 Å². The molecule has 2 aliphatic rings. The lowest BCUT2D eigenvalue weighted by atomic mass is 9.90. The van der Waals surface area contributed by atoms with E-state index in [9.17, 15) is 4.79 Å². The zero-order chi connectivity index (χ0) is 16.1. The molecule has 3 heterocycles. The van der Waals surface area contributed by atoms with Crippen LogP contribution in [0.15, 0.2) is 23.9 Å². The van der Waals surface area contributed by atoms with Gasteiger partial charge in [-0.1, -0.05) is 22.6 Å². The second-order valence-corrected chi connectivity index (χ2v) is 6.25. The van der Waals surface area contributed by atoms with Gasteiger partial charge in [0.1, 0.15) is 0 Å². The van der Waals surface area contributed by atoms with Gasteiger partial charge >= 0.3 is 6.97 Å². The molecule has 4 nitrogen and oxygen atoms in total. The van der Waals surface area contributed by atoms with Gasteiger partial charge in [0, 0.05) is 23.9 Å². The number of aromatic nitrogens is 1. The van der Waals surface area contributed by atoms with Crippen LogP contribution in [0.3, 0.4) is 0 Å². The van der Waals surface area contributed by atoms with Crippen LogP contribution in [-0.4, -0.2) is 38.5 Å². The number of fused-ring (bicyclic) bond motifs is 2. The summed E-state index contributed by atoms with van der Waals surface area (Å²) in [5.41, 5.74) is 2.81. The van der Waals surface area contributed by atoms with Gasteiger partial charge in [-0.25, -0.2) is 0 Å². The van der Waals surface area contributed by atoms with Crippen molar-refractivity contribution in [1.82, 2.24) is 9.79 Å². The Labute approximate surface area is 140 Å². The average Bonchev–Trinajstić information content (AvgIpc) is 2.99. The molecule has 0 radical (unpaired) electrons. The van der Waals surface area contributed by atoms with Crippen LogP contribution in [0, 0.1) is 13.8 Å². The Hall–Kier alpha value is -1.45. The van der Waals surface area contributed by atoms with E-state index in [1.54, 1.807) is 31.2 Å². The largest absolute Gasteiger partial charge is 0.737 e. The molecule has 1 amide bonds. The van der Waals surface area contributed by atoms with Crippen molar-refractivity contribution in [3.8, 4) is 0 Å². The van der Waals surface area contributed by atoms with E-state index < -0.39 is 6.97 Å². The van der Waals surface area contributed by atoms with E-state index in [4.69, 9.17) is 0 Å². The number of nitrogens with zero attached hydrogens (tertiary/aromatic N) is 2. The molecular formula is C14H15BF2IN3O. The van der Waals surface area contributed by atoms with Gasteiger partial charge in [-0.3, -0.25) is 4.79 Å². The van der Waals surface area contributed by atoms with Crippen molar-refractivity contribution >= 4 is 47.3 Å². The Morgan fingerprint density at radius 3 is 2.82 bits per heavy atom. The number of hydrogen-bond acceptors (Lipinski definition) is 1. The Morgan fingerprint density at radius 2 is 2.14 bits per heavy atom. The summed E-state index contributed by atoms with van der Waals surface area (Å²) in [6.07, 6.45) is 5.09. The molecule has 1 aromatic heterocycles. The van der Waals surface area contributed by atoms with E-state index >= 15 is 8.63 Å². The van der Waals surface area contributed by atoms with Gasteiger partial charge in [0.15, 0.2) is 11.4 Å². The number of carbonyl (C=O) groups is 1. The predicted molar refractivity (Wildman–Crippen MR) is 91.6 cm³/mol. The lowest BCUT2D eigenvalue weighted by Crippen LogP contribution is -2.52. The van der Waals surface area contributed by atoms with Crippen molar-refractivity contribution in [3.05, 3.63) is 40.9 Å². The molecule has 2 aliphatic heterocycles. The molecule has 3 rings (SSSR count). The summed E-state index contributed by atoms with van der Waals surface area (Å²) in [7, 11) is 0. The number of aryl methyl sites for hydroxylation is 2. The second-order valence-electron chi connectivity index (χ2n) is 5.49. The van der Waals surface area contributed by atoms with Crippen LogP contribution >= 0.6 is 22.6 Å². The van der Waals surface area contributed by atoms with Gasteiger partial charge in [0.25, 0.3) is 0 Å². The number of rotatable bonds is 3. The van der Waals surface area contributed by atoms with Gasteiger partial charge in [0.05, 0.1) is 11.0 Å². The number of carbonyl (C=O) groups excluding carboxylic acids is 1. The molecule has 0 unspecified atom stereocenters. The van der Waals surface area contributed by atoms with Crippen LogP contribution in [0.4, 0.5) is 8.63 Å². The number of nitrogens with one attached hydrogen (secondary N) is 1. The number of hydrogen-bond donors (Lipinski definition) is 1. The topological polar surface area (TPSA) is 37.0 Å². The van der Waals surface area contributed by atoms with Crippen LogP contribution in [0.2, 0.25) is 0 Å². The zero-order valence-corrected chi connectivity index (χ0v) is 14.4. The van der Waals surface area contributed by atoms with Crippen LogP contribution in [-0.2, 0) is 4.79 Å². The first-order valence-electron chi connectivity index (χ1n) is 6.94. The lowest BCUT2D eigenvalue weighted by Gasteiger charge is -2.30. The summed E-state index contributed by atoms with van der Waals surface area (Å²) < 4.78 is 32.5. The third-order valence-electron chi connectivity index (χ3n) is 4.00. The minimum atomic E-state index is -3.95. The first-order chi connectivity index (χ1) is 10.4. The minimum Gasteiger partial charge on any atom is -0.394 e. The third kappa shape index (κ3) is 2.24. The van der Waals surface area contributed by atoms with Gasteiger partial charge in [-0.2, -0.15) is 0 Å². The molecule has 0 aromatic carbocycles. The van der Waals surface area contributed by atoms with E-state index in [1.165, 1.54) is 0 Å². The SMILES string of the molecule is Cc1cc(C)n2c1C=C1C=CC(CNC(=O)CI)=[N+]1[B-]2(F)F. The summed E-state index contributed by atoms with van der Waals surface area (Å²) in [6, 6.07) is 1.77. The highest BCUT2D eigenvalue weighted by atomic mass is 127. The highest BCUT2D eigenvalue weighted by Crippen LogP contribution is 2.33. The standard InChI is InChI=1S/C14H15BF2IN3O/c1-9-5-10(2)20-13(9)6-11-3-4-12(8-19-14(22)7-18)21(11)15(20,16)17/h3-6H,7-8H2,1-2H3,(H,19,22). The average molecular weight is 417 g/mol. The third-order valence-corrected chi connectivity index (χ3v) is 4.69. The minimum absolute atomic E-state index is 0.0989. The first kappa shape index (κ1) is 15.5. The zero-order valence-electron chi connectivity index (χ0n) is 12.2. The van der Waals surface area contributed by atoms with Crippen molar-refractivity contribution < 1.29 is 17.9 Å². The fraction of sp³-hybridized carbons (Fsp3) is 0.286. The maximum Gasteiger partial charge on any atom is 0.737 e. The highest BCUT2D eigenvalue weighted by Gasteiger charge is 2.52. The molecule has 1 aromatic rings. The second kappa shape index (κ2) is 5.33. The Kier molecular flexibility index (Phi) is 3.74. The number of amides is 1. The normalized spacial score (nSPS) is 18.1. The molecule has 0 aliphatic carbocycles. The Balaban J connectivity index is 2.07. The summed E-state index contributed by atoms with van der Waals surface area (Å²) in [5.74, 6) is -0.166. The number of halogens is 3. The number of alkyl halides is 1. The fourth-order valence-corrected chi connectivity index (χ4v) is 3.34. The quantitative estimate of drug-likeness (QED) is 0.458. The molecular weight excluding hydrogens is 402 g/mol. The molecule has 0 atom stereocenters. The van der Waals surface area contributed by atoms with E-state index in [0.29, 0.717) is 27.2 Å². The lowest BCUT2D eigenvalue weighted by molar-refractivity contribution is -0.361. The van der Waals surface area contributed by atoms with Crippen molar-refractivity contribution in [3.63, 3.8) is 0 Å². The van der Waals surface area contributed by atoms with Gasteiger partial charge in [0.2, 0.25) is 5.91 Å². The van der Waals surface area contributed by atoms with E-state index in [0.717, 1.165) is 14.5 Å². The van der Waals surface area contributed by atoms with Crippen LogP contribution < -0.4 is 5.32 Å². The van der Waals surface area contributed by atoms with Gasteiger partial charge in [-0.15, -0.1) is 0 Å². The van der Waals surface area contributed by atoms with Crippen LogP contribution in [0.5, 0.6) is 0 Å². The van der Waals surface area contributed by atoms with Crippen LogP contribution in [0.1, 0.15) is 17.0 Å². The van der Waals surface area contributed by atoms with E-state index in [2.05, 4.69) is 5.32 Å². The molecule has 0 bridgehead atoms. The molecule has 0 saturated carbocycles. The molecule has 116 valence electrons. The summed E-state index contributed by atoms with van der Waals surface area (Å²) >= 11 is 1.94. The van der Waals surface area contributed by atoms with Crippen LogP contribution in [0.25, 0.3) is 6.08 Å². The monoisotopic (exact) mass is 417 g/mol. The Morgan fingerprint density at radius 1 is 1.41 bits per heavy atom. The molecule has 0 fully saturated rings. The van der Waals surface area contributed by atoms with Gasteiger partial charge < -0.3 is 22.9 Å². The maximum absolute atomic E-state index is 15.0. The van der Waals surface area contributed by atoms with Crippen molar-refractivity contribution in [1.29, 1.82) is 0 Å². The van der Waals surface area contributed by atoms with E-state index in [-0.39, 0.29) is 12.5 Å². The first-order valence-corrected chi connectivity index (χ1v) is 8.47. The molecule has 1 N–H and O–H groups in total. The highest BCUT2D eigenvalue weighted by molar-refractivity contribution is 14.1. The molecule has 0 saturated heterocycles. The fourth-order valence-electron chi connectivity index (χ4n) is 3.07. The molecule has 8 heteroatoms. The summed E-state index contributed by atoms with van der Waals surface area (Å²) in [5, 5.41) is 2.65. The van der Waals surface area contributed by atoms with Crippen molar-refractivity contribution in [2.24, 2.45) is 0 Å².